The third-order valence-corrected chi connectivity index (χ3v) is 5.78. The Bertz CT molecular complexity index is 1130. The van der Waals surface area contributed by atoms with E-state index < -0.39 is 0 Å². The predicted molar refractivity (Wildman–Crippen MR) is 115 cm³/mol. The van der Waals surface area contributed by atoms with Gasteiger partial charge in [-0.3, -0.25) is 14.9 Å². The van der Waals surface area contributed by atoms with Gasteiger partial charge in [0.2, 0.25) is 0 Å². The number of likely N-dealkylation sites (tertiary alicyclic amines) is 1. The largest absolute Gasteiger partial charge is 0.328 e. The van der Waals surface area contributed by atoms with Gasteiger partial charge in [0.25, 0.3) is 0 Å². The van der Waals surface area contributed by atoms with Crippen molar-refractivity contribution in [1.82, 2.24) is 14.9 Å². The summed E-state index contributed by atoms with van der Waals surface area (Å²) in [4.78, 5) is 11.5. The van der Waals surface area contributed by atoms with Crippen molar-refractivity contribution >= 4 is 21.7 Å². The van der Waals surface area contributed by atoms with E-state index in [-0.39, 0.29) is 0 Å². The lowest BCUT2D eigenvalue weighted by Gasteiger charge is -2.30. The van der Waals surface area contributed by atoms with Crippen molar-refractivity contribution in [2.75, 3.05) is 13.1 Å². The van der Waals surface area contributed by atoms with E-state index in [1.54, 1.807) is 0 Å². The van der Waals surface area contributed by atoms with Gasteiger partial charge in [-0.15, -0.1) is 0 Å². The van der Waals surface area contributed by atoms with Gasteiger partial charge in [0.1, 0.15) is 0 Å². The van der Waals surface area contributed by atoms with Gasteiger partial charge in [-0.25, -0.2) is 0 Å². The summed E-state index contributed by atoms with van der Waals surface area (Å²) in [5.41, 5.74) is 10.7. The smallest absolute Gasteiger partial charge is 0.0708 e. The van der Waals surface area contributed by atoms with Crippen LogP contribution in [-0.2, 0) is 6.54 Å². The number of pyridine rings is 2. The molecule has 28 heavy (non-hydrogen) atoms. The first-order valence-corrected chi connectivity index (χ1v) is 9.96. The molecule has 4 heteroatoms. The van der Waals surface area contributed by atoms with Crippen molar-refractivity contribution in [3.8, 4) is 11.1 Å². The van der Waals surface area contributed by atoms with E-state index in [9.17, 15) is 0 Å². The average molecular weight is 368 g/mol. The zero-order valence-electron chi connectivity index (χ0n) is 15.9. The van der Waals surface area contributed by atoms with E-state index in [0.717, 1.165) is 54.5 Å². The van der Waals surface area contributed by atoms with Crippen LogP contribution in [0.25, 0.3) is 32.8 Å². The molecule has 140 valence electrons. The van der Waals surface area contributed by atoms with Crippen LogP contribution in [0, 0.1) is 0 Å². The van der Waals surface area contributed by atoms with E-state index in [0.29, 0.717) is 6.04 Å². The summed E-state index contributed by atoms with van der Waals surface area (Å²) >= 11 is 0. The van der Waals surface area contributed by atoms with E-state index >= 15 is 0 Å². The number of fused-ring (bicyclic) bond motifs is 2. The quantitative estimate of drug-likeness (QED) is 0.583. The lowest BCUT2D eigenvalue weighted by Crippen LogP contribution is -2.39. The van der Waals surface area contributed by atoms with Crippen molar-refractivity contribution in [3.63, 3.8) is 0 Å². The first-order valence-electron chi connectivity index (χ1n) is 9.96. The third-order valence-electron chi connectivity index (χ3n) is 5.78. The molecule has 0 spiro atoms. The number of aromatic nitrogens is 2. The van der Waals surface area contributed by atoms with Crippen LogP contribution in [-0.4, -0.2) is 34.0 Å². The van der Waals surface area contributed by atoms with E-state index in [1.807, 2.05) is 24.7 Å². The van der Waals surface area contributed by atoms with Gasteiger partial charge in [0.15, 0.2) is 0 Å². The van der Waals surface area contributed by atoms with Crippen LogP contribution < -0.4 is 5.73 Å². The number of nitrogens with two attached hydrogens (primary N) is 1. The van der Waals surface area contributed by atoms with Gasteiger partial charge in [0, 0.05) is 47.5 Å². The van der Waals surface area contributed by atoms with Crippen molar-refractivity contribution in [3.05, 3.63) is 72.7 Å². The Kier molecular flexibility index (Phi) is 4.51. The zero-order valence-corrected chi connectivity index (χ0v) is 15.9. The van der Waals surface area contributed by atoms with Crippen molar-refractivity contribution < 1.29 is 0 Å². The first kappa shape index (κ1) is 17.3. The summed E-state index contributed by atoms with van der Waals surface area (Å²) in [5, 5.41) is 3.57. The molecule has 1 fully saturated rings. The number of rotatable bonds is 3. The highest BCUT2D eigenvalue weighted by molar-refractivity contribution is 5.98. The maximum Gasteiger partial charge on any atom is 0.0708 e. The monoisotopic (exact) mass is 368 g/mol. The van der Waals surface area contributed by atoms with Gasteiger partial charge >= 0.3 is 0 Å². The second-order valence-electron chi connectivity index (χ2n) is 7.77. The lowest BCUT2D eigenvalue weighted by molar-refractivity contribution is 0.206. The molecule has 0 unspecified atom stereocenters. The summed E-state index contributed by atoms with van der Waals surface area (Å²) < 4.78 is 0. The Morgan fingerprint density at radius 1 is 0.964 bits per heavy atom. The second-order valence-corrected chi connectivity index (χ2v) is 7.77. The molecule has 2 aromatic carbocycles. The summed E-state index contributed by atoms with van der Waals surface area (Å²) in [5.74, 6) is 0. The first-order chi connectivity index (χ1) is 13.8. The molecule has 0 saturated carbocycles. The Morgan fingerprint density at radius 3 is 2.71 bits per heavy atom. The molecule has 2 N–H and O–H groups in total. The molecule has 4 nitrogen and oxygen atoms in total. The fourth-order valence-corrected chi connectivity index (χ4v) is 4.14. The molecule has 2 aromatic heterocycles. The van der Waals surface area contributed by atoms with Gasteiger partial charge in [0.05, 0.1) is 5.52 Å². The molecule has 0 aliphatic carbocycles. The maximum atomic E-state index is 6.05. The van der Waals surface area contributed by atoms with Crippen LogP contribution in [0.4, 0.5) is 0 Å². The second kappa shape index (κ2) is 7.30. The molecule has 5 rings (SSSR count). The number of hydrogen-bond donors (Lipinski definition) is 1. The van der Waals surface area contributed by atoms with Crippen LogP contribution in [0.5, 0.6) is 0 Å². The highest BCUT2D eigenvalue weighted by atomic mass is 15.1. The molecule has 0 atom stereocenters. The van der Waals surface area contributed by atoms with Crippen molar-refractivity contribution in [2.24, 2.45) is 5.73 Å². The Hall–Kier alpha value is -2.82. The van der Waals surface area contributed by atoms with E-state index in [4.69, 9.17) is 5.73 Å². The highest BCUT2D eigenvalue weighted by Crippen LogP contribution is 2.30. The molecule has 0 bridgehead atoms. The third kappa shape index (κ3) is 3.37. The van der Waals surface area contributed by atoms with Crippen molar-refractivity contribution in [1.29, 1.82) is 0 Å². The highest BCUT2D eigenvalue weighted by Gasteiger charge is 2.16. The number of piperidine rings is 1. The molecule has 4 aromatic rings. The average Bonchev–Trinajstić information content (AvgIpc) is 2.74. The standard InChI is InChI=1S/C24H24N4/c25-21-7-10-28(11-8-21)16-17-3-4-20-14-26-15-23(22(20)12-17)19-6-5-18-2-1-9-27-24(18)13-19/h1-6,9,12-15,21H,7-8,10-11,16,25H2. The lowest BCUT2D eigenvalue weighted by atomic mass is 9.98. The molecule has 0 amide bonds. The van der Waals surface area contributed by atoms with Crippen LogP contribution in [0.2, 0.25) is 0 Å². The Labute approximate surface area is 165 Å². The zero-order chi connectivity index (χ0) is 18.9. The molecule has 1 aliphatic rings. The summed E-state index contributed by atoms with van der Waals surface area (Å²) in [6.45, 7) is 3.14. The number of nitrogens with zero attached hydrogens (tertiary/aromatic N) is 3. The fourth-order valence-electron chi connectivity index (χ4n) is 4.14. The summed E-state index contributed by atoms with van der Waals surface area (Å²) in [6, 6.07) is 17.6. The molecule has 3 heterocycles. The van der Waals surface area contributed by atoms with Gasteiger partial charge in [-0.2, -0.15) is 0 Å². The van der Waals surface area contributed by atoms with Gasteiger partial charge < -0.3 is 5.73 Å². The molecular weight excluding hydrogens is 344 g/mol. The molecule has 0 radical (unpaired) electrons. The summed E-state index contributed by atoms with van der Waals surface area (Å²) in [6.07, 6.45) is 7.94. The summed E-state index contributed by atoms with van der Waals surface area (Å²) in [7, 11) is 0. The van der Waals surface area contributed by atoms with Gasteiger partial charge in [-0.05, 0) is 60.6 Å². The van der Waals surface area contributed by atoms with E-state index in [2.05, 4.69) is 57.3 Å². The Morgan fingerprint density at radius 2 is 1.82 bits per heavy atom. The Balaban J connectivity index is 1.53. The minimum absolute atomic E-state index is 0.368. The minimum atomic E-state index is 0.368. The topological polar surface area (TPSA) is 55.0 Å². The van der Waals surface area contributed by atoms with Crippen LogP contribution in [0.3, 0.4) is 0 Å². The molecule has 1 saturated heterocycles. The molecular formula is C24H24N4. The van der Waals surface area contributed by atoms with Crippen molar-refractivity contribution in [2.45, 2.75) is 25.4 Å². The van der Waals surface area contributed by atoms with E-state index in [1.165, 1.54) is 16.3 Å². The predicted octanol–water partition coefficient (Wildman–Crippen LogP) is 4.37. The van der Waals surface area contributed by atoms with Crippen LogP contribution in [0.15, 0.2) is 67.1 Å². The minimum Gasteiger partial charge on any atom is -0.328 e. The molecule has 1 aliphatic heterocycles. The maximum absolute atomic E-state index is 6.05. The van der Waals surface area contributed by atoms with Crippen LogP contribution >= 0.6 is 0 Å². The van der Waals surface area contributed by atoms with Crippen LogP contribution in [0.1, 0.15) is 18.4 Å². The number of benzene rings is 2. The number of hydrogen-bond acceptors (Lipinski definition) is 4. The SMILES string of the molecule is NC1CCN(Cc2ccc3cncc(-c4ccc5cccnc5c4)c3c2)CC1. The normalized spacial score (nSPS) is 16.0. The fraction of sp³-hybridized carbons (Fsp3) is 0.250. The van der Waals surface area contributed by atoms with Gasteiger partial charge in [-0.1, -0.05) is 30.3 Å².